The summed E-state index contributed by atoms with van der Waals surface area (Å²) in [4.78, 5) is 13.9. The summed E-state index contributed by atoms with van der Waals surface area (Å²) in [5.74, 6) is 1.33. The molecule has 2 heterocycles. The van der Waals surface area contributed by atoms with E-state index < -0.39 is 0 Å². The number of hydrogen-bond donors (Lipinski definition) is 0. The molecule has 0 aliphatic rings. The lowest BCUT2D eigenvalue weighted by Crippen LogP contribution is -2.26. The van der Waals surface area contributed by atoms with E-state index in [1.165, 1.54) is 4.90 Å². The van der Waals surface area contributed by atoms with Gasteiger partial charge in [0.2, 0.25) is 0 Å². The van der Waals surface area contributed by atoms with Gasteiger partial charge in [0.05, 0.1) is 13.7 Å². The molecule has 9 heteroatoms. The third kappa shape index (κ3) is 4.25. The molecule has 0 aliphatic heterocycles. The fourth-order valence-electron chi connectivity index (χ4n) is 2.41. The molecular weight excluding hydrogens is 352 g/mol. The van der Waals surface area contributed by atoms with Crippen molar-refractivity contribution >= 4 is 5.91 Å². The fraction of sp³-hybridized carbons (Fsp3) is 0.333. The van der Waals surface area contributed by atoms with Gasteiger partial charge in [0.25, 0.3) is 5.91 Å². The van der Waals surface area contributed by atoms with Crippen LogP contribution in [0.3, 0.4) is 0 Å². The zero-order chi connectivity index (χ0) is 19.4. The molecule has 0 saturated carbocycles. The Kier molecular flexibility index (Phi) is 5.39. The van der Waals surface area contributed by atoms with Crippen molar-refractivity contribution in [3.8, 4) is 11.5 Å². The van der Waals surface area contributed by atoms with Gasteiger partial charge in [0.15, 0.2) is 23.0 Å². The number of carbonyl (C=O) groups is 1. The van der Waals surface area contributed by atoms with Gasteiger partial charge in [0.1, 0.15) is 18.0 Å². The minimum absolute atomic E-state index is 0.121. The molecule has 0 atom stereocenters. The highest BCUT2D eigenvalue weighted by molar-refractivity contribution is 5.92. The van der Waals surface area contributed by atoms with Crippen LogP contribution in [0.5, 0.6) is 11.5 Å². The summed E-state index contributed by atoms with van der Waals surface area (Å²) in [5, 5.41) is 11.3. The molecule has 0 N–H and O–H groups in total. The zero-order valence-electron chi connectivity index (χ0n) is 15.6. The summed E-state index contributed by atoms with van der Waals surface area (Å²) < 4.78 is 20.8. The predicted molar refractivity (Wildman–Crippen MR) is 93.4 cm³/mol. The van der Waals surface area contributed by atoms with Gasteiger partial charge in [-0.05, 0) is 31.5 Å². The Morgan fingerprint density at radius 3 is 2.67 bits per heavy atom. The average molecular weight is 372 g/mol. The van der Waals surface area contributed by atoms with Crippen LogP contribution < -0.4 is 9.47 Å². The second-order valence-corrected chi connectivity index (χ2v) is 6.08. The maximum Gasteiger partial charge on any atom is 0.276 e. The first-order valence-electron chi connectivity index (χ1n) is 8.24. The molecule has 27 heavy (non-hydrogen) atoms. The Labute approximate surface area is 155 Å². The molecule has 1 amide bonds. The predicted octanol–water partition coefficient (Wildman–Crippen LogP) is 2.53. The van der Waals surface area contributed by atoms with Crippen LogP contribution in [0.1, 0.15) is 33.2 Å². The van der Waals surface area contributed by atoms with Gasteiger partial charge in [-0.1, -0.05) is 21.5 Å². The smallest absolute Gasteiger partial charge is 0.276 e. The van der Waals surface area contributed by atoms with Crippen LogP contribution >= 0.6 is 0 Å². The fourth-order valence-corrected chi connectivity index (χ4v) is 2.41. The molecule has 1 aromatic carbocycles. The van der Waals surface area contributed by atoms with Gasteiger partial charge in [-0.15, -0.1) is 0 Å². The maximum absolute atomic E-state index is 12.5. The van der Waals surface area contributed by atoms with Crippen molar-refractivity contribution in [1.82, 2.24) is 20.4 Å². The van der Waals surface area contributed by atoms with E-state index in [2.05, 4.69) is 20.1 Å². The van der Waals surface area contributed by atoms with Gasteiger partial charge in [0, 0.05) is 13.1 Å². The Bertz CT molecular complexity index is 933. The van der Waals surface area contributed by atoms with Crippen molar-refractivity contribution in [2.45, 2.75) is 27.0 Å². The van der Waals surface area contributed by atoms with Crippen LogP contribution in [0.15, 0.2) is 33.4 Å². The van der Waals surface area contributed by atoms with E-state index in [0.29, 0.717) is 28.6 Å². The van der Waals surface area contributed by atoms with E-state index >= 15 is 0 Å². The molecule has 0 spiro atoms. The van der Waals surface area contributed by atoms with Crippen molar-refractivity contribution in [2.75, 3.05) is 14.2 Å². The third-order valence-electron chi connectivity index (χ3n) is 3.95. The lowest BCUT2D eigenvalue weighted by molar-refractivity contribution is 0.0771. The number of amides is 1. The van der Waals surface area contributed by atoms with E-state index in [1.807, 2.05) is 25.1 Å². The highest BCUT2D eigenvalue weighted by Crippen LogP contribution is 2.28. The van der Waals surface area contributed by atoms with Crippen LogP contribution in [0, 0.1) is 13.8 Å². The maximum atomic E-state index is 12.5. The molecule has 9 nitrogen and oxygen atoms in total. The van der Waals surface area contributed by atoms with Crippen molar-refractivity contribution in [3.05, 3.63) is 52.7 Å². The van der Waals surface area contributed by atoms with Crippen LogP contribution in [0.2, 0.25) is 0 Å². The Morgan fingerprint density at radius 2 is 1.96 bits per heavy atom. The van der Waals surface area contributed by atoms with E-state index in [4.69, 9.17) is 14.0 Å². The van der Waals surface area contributed by atoms with E-state index in [-0.39, 0.29) is 24.8 Å². The minimum Gasteiger partial charge on any atom is -0.493 e. The SMILES string of the molecule is COc1cc(C)ccc1OCc1cc(C(=O)N(C)Cc2nonc2C)no1. The van der Waals surface area contributed by atoms with Gasteiger partial charge in [-0.2, -0.15) is 0 Å². The number of methoxy groups -OCH3 is 1. The molecule has 0 unspecified atom stereocenters. The summed E-state index contributed by atoms with van der Waals surface area (Å²) in [6.07, 6.45) is 0. The molecule has 0 saturated heterocycles. The lowest BCUT2D eigenvalue weighted by Gasteiger charge is -2.13. The first-order chi connectivity index (χ1) is 13.0. The third-order valence-corrected chi connectivity index (χ3v) is 3.95. The lowest BCUT2D eigenvalue weighted by atomic mass is 10.2. The van der Waals surface area contributed by atoms with E-state index in [1.54, 1.807) is 27.1 Å². The molecule has 3 rings (SSSR count). The molecule has 3 aromatic rings. The van der Waals surface area contributed by atoms with E-state index in [0.717, 1.165) is 5.56 Å². The summed E-state index contributed by atoms with van der Waals surface area (Å²) >= 11 is 0. The normalized spacial score (nSPS) is 10.7. The van der Waals surface area contributed by atoms with Crippen molar-refractivity contribution in [1.29, 1.82) is 0 Å². The number of benzene rings is 1. The van der Waals surface area contributed by atoms with Crippen LogP contribution in [-0.2, 0) is 13.2 Å². The van der Waals surface area contributed by atoms with Crippen LogP contribution in [0.25, 0.3) is 0 Å². The first kappa shape index (κ1) is 18.4. The molecular formula is C18H20N4O5. The molecule has 0 aliphatic carbocycles. The number of aromatic nitrogens is 3. The second-order valence-electron chi connectivity index (χ2n) is 6.08. The monoisotopic (exact) mass is 372 g/mol. The van der Waals surface area contributed by atoms with E-state index in [9.17, 15) is 4.79 Å². The van der Waals surface area contributed by atoms with Gasteiger partial charge >= 0.3 is 0 Å². The topological polar surface area (TPSA) is 104 Å². The summed E-state index contributed by atoms with van der Waals surface area (Å²) in [6.45, 7) is 4.10. The quantitative estimate of drug-likeness (QED) is 0.623. The molecule has 142 valence electrons. The van der Waals surface area contributed by atoms with Gasteiger partial charge in [-0.25, -0.2) is 4.63 Å². The van der Waals surface area contributed by atoms with Gasteiger partial charge < -0.3 is 18.9 Å². The highest BCUT2D eigenvalue weighted by atomic mass is 16.6. The zero-order valence-corrected chi connectivity index (χ0v) is 15.6. The molecule has 0 fully saturated rings. The summed E-state index contributed by atoms with van der Waals surface area (Å²) in [7, 11) is 3.22. The van der Waals surface area contributed by atoms with Crippen LogP contribution in [0.4, 0.5) is 0 Å². The van der Waals surface area contributed by atoms with Gasteiger partial charge in [-0.3, -0.25) is 4.79 Å². The summed E-state index contributed by atoms with van der Waals surface area (Å²) in [5.41, 5.74) is 2.47. The minimum atomic E-state index is -0.305. The molecule has 2 aromatic heterocycles. The second kappa shape index (κ2) is 7.90. The Balaban J connectivity index is 1.62. The number of nitrogens with zero attached hydrogens (tertiary/aromatic N) is 4. The highest BCUT2D eigenvalue weighted by Gasteiger charge is 2.19. The molecule has 0 bridgehead atoms. The Hall–Kier alpha value is -3.36. The number of rotatable bonds is 7. The number of ether oxygens (including phenoxy) is 2. The van der Waals surface area contributed by atoms with Crippen LogP contribution in [-0.4, -0.2) is 40.4 Å². The average Bonchev–Trinajstić information content (AvgIpc) is 3.29. The largest absolute Gasteiger partial charge is 0.493 e. The van der Waals surface area contributed by atoms with Crippen molar-refractivity contribution in [2.24, 2.45) is 0 Å². The summed E-state index contributed by atoms with van der Waals surface area (Å²) in [6, 6.07) is 7.16. The number of hydrogen-bond acceptors (Lipinski definition) is 8. The standard InChI is InChI=1S/C18H20N4O5/c1-11-5-6-16(17(7-11)24-4)25-10-13-8-14(20-26-13)18(23)22(3)9-15-12(2)19-27-21-15/h5-8H,9-10H2,1-4H3. The Morgan fingerprint density at radius 1 is 1.15 bits per heavy atom. The molecule has 0 radical (unpaired) electrons. The number of carbonyl (C=O) groups excluding carboxylic acids is 1. The number of aryl methyl sites for hydroxylation is 2. The van der Waals surface area contributed by atoms with Crippen molar-refractivity contribution < 1.29 is 23.4 Å². The first-order valence-corrected chi connectivity index (χ1v) is 8.24. The van der Waals surface area contributed by atoms with Crippen molar-refractivity contribution in [3.63, 3.8) is 0 Å².